The first-order chi connectivity index (χ1) is 11.7. The van der Waals surface area contributed by atoms with E-state index in [1.54, 1.807) is 0 Å². The Morgan fingerprint density at radius 1 is 0.792 bits per heavy atom. The second kappa shape index (κ2) is 4.38. The van der Waals surface area contributed by atoms with Crippen molar-refractivity contribution in [2.24, 2.45) is 0 Å². The van der Waals surface area contributed by atoms with Crippen molar-refractivity contribution in [3.63, 3.8) is 0 Å². The van der Waals surface area contributed by atoms with Gasteiger partial charge in [0, 0.05) is 16.7 Å². The zero-order valence-corrected chi connectivity index (χ0v) is 14.6. The summed E-state index contributed by atoms with van der Waals surface area (Å²) >= 11 is 1.91. The predicted octanol–water partition coefficient (Wildman–Crippen LogP) is 6.04. The van der Waals surface area contributed by atoms with Gasteiger partial charge in [0.2, 0.25) is 0 Å². The second-order valence-corrected chi connectivity index (χ2v) is 8.33. The van der Waals surface area contributed by atoms with E-state index in [0.29, 0.717) is 11.8 Å². The Bertz CT molecular complexity index is 999. The maximum absolute atomic E-state index is 6.55. The Labute approximate surface area is 145 Å². The van der Waals surface area contributed by atoms with Crippen LogP contribution in [0.4, 0.5) is 0 Å². The van der Waals surface area contributed by atoms with Crippen molar-refractivity contribution in [2.45, 2.75) is 37.9 Å². The average molecular weight is 330 g/mol. The van der Waals surface area contributed by atoms with E-state index in [2.05, 4.69) is 61.7 Å². The van der Waals surface area contributed by atoms with Gasteiger partial charge < -0.3 is 4.74 Å². The monoisotopic (exact) mass is 330 g/mol. The van der Waals surface area contributed by atoms with Gasteiger partial charge in [0.25, 0.3) is 0 Å². The summed E-state index contributed by atoms with van der Waals surface area (Å²) in [6, 6.07) is 16.0. The Morgan fingerprint density at radius 2 is 1.50 bits per heavy atom. The normalized spacial score (nSPS) is 28.2. The van der Waals surface area contributed by atoms with E-state index in [1.807, 2.05) is 11.3 Å². The van der Waals surface area contributed by atoms with E-state index in [-0.39, 0.29) is 12.2 Å². The van der Waals surface area contributed by atoms with Gasteiger partial charge in [-0.1, -0.05) is 36.4 Å². The first kappa shape index (κ1) is 13.4. The number of benzene rings is 2. The minimum absolute atomic E-state index is 0.215. The average Bonchev–Trinajstić information content (AvgIpc) is 3.29. The van der Waals surface area contributed by atoms with Gasteiger partial charge in [-0.2, -0.15) is 0 Å². The van der Waals surface area contributed by atoms with Crippen molar-refractivity contribution in [1.29, 1.82) is 0 Å². The van der Waals surface area contributed by atoms with Crippen LogP contribution in [0.2, 0.25) is 0 Å². The van der Waals surface area contributed by atoms with E-state index in [9.17, 15) is 0 Å². The molecule has 118 valence electrons. The van der Waals surface area contributed by atoms with Crippen LogP contribution >= 0.6 is 11.3 Å². The summed E-state index contributed by atoms with van der Waals surface area (Å²) in [7, 11) is 0. The van der Waals surface area contributed by atoms with Gasteiger partial charge in [-0.15, -0.1) is 11.3 Å². The fourth-order valence-electron chi connectivity index (χ4n) is 5.07. The molecule has 3 aromatic rings. The lowest BCUT2D eigenvalue weighted by atomic mass is 9.66. The standard InChI is InChI=1S/C22H18OS/c1-11-9-16-15-7-8-24-22(15)19-18(17(16)10-12(11)2)20-13-5-3-4-6-14(13)21(19)23-20/h3-10,18-21H,1-2H3. The van der Waals surface area contributed by atoms with E-state index in [4.69, 9.17) is 4.74 Å². The van der Waals surface area contributed by atoms with Crippen molar-refractivity contribution in [3.05, 3.63) is 80.5 Å². The molecule has 0 amide bonds. The van der Waals surface area contributed by atoms with Crippen LogP contribution in [0.3, 0.4) is 0 Å². The van der Waals surface area contributed by atoms with Gasteiger partial charge in [0.1, 0.15) is 0 Å². The highest BCUT2D eigenvalue weighted by molar-refractivity contribution is 7.10. The minimum Gasteiger partial charge on any atom is -0.364 e. The van der Waals surface area contributed by atoms with Crippen LogP contribution in [0.5, 0.6) is 0 Å². The molecule has 1 nitrogen and oxygen atoms in total. The molecule has 1 aliphatic carbocycles. The fraction of sp³-hybridized carbons (Fsp3) is 0.273. The Kier molecular flexibility index (Phi) is 2.45. The first-order valence-corrected chi connectivity index (χ1v) is 9.55. The molecule has 2 aliphatic heterocycles. The van der Waals surface area contributed by atoms with Crippen molar-refractivity contribution >= 4 is 11.3 Å². The highest BCUT2D eigenvalue weighted by Gasteiger charge is 2.56. The summed E-state index contributed by atoms with van der Waals surface area (Å²) in [4.78, 5) is 1.53. The Morgan fingerprint density at radius 3 is 2.29 bits per heavy atom. The molecule has 3 heterocycles. The smallest absolute Gasteiger partial charge is 0.0920 e. The molecule has 2 heteroatoms. The van der Waals surface area contributed by atoms with Crippen molar-refractivity contribution < 1.29 is 4.74 Å². The van der Waals surface area contributed by atoms with Gasteiger partial charge in [0.05, 0.1) is 12.2 Å². The molecule has 1 saturated heterocycles. The first-order valence-electron chi connectivity index (χ1n) is 8.67. The number of aryl methyl sites for hydroxylation is 2. The molecule has 2 aromatic carbocycles. The molecule has 6 rings (SSSR count). The summed E-state index contributed by atoms with van der Waals surface area (Å²) in [5.41, 5.74) is 9.97. The second-order valence-electron chi connectivity index (χ2n) is 7.38. The van der Waals surface area contributed by atoms with Gasteiger partial charge >= 0.3 is 0 Å². The number of hydrogen-bond acceptors (Lipinski definition) is 2. The SMILES string of the molecule is Cc1cc2c(cc1C)C1C3OC(c4ccccc43)C1c1sccc1-2. The number of rotatable bonds is 0. The van der Waals surface area contributed by atoms with Crippen LogP contribution in [0.1, 0.15) is 56.7 Å². The quantitative estimate of drug-likeness (QED) is 0.488. The Hall–Kier alpha value is -1.90. The summed E-state index contributed by atoms with van der Waals surface area (Å²) < 4.78 is 6.55. The van der Waals surface area contributed by atoms with Crippen LogP contribution in [0.15, 0.2) is 47.8 Å². The number of fused-ring (bicyclic) bond motifs is 13. The number of ether oxygens (including phenoxy) is 1. The molecule has 0 radical (unpaired) electrons. The molecular weight excluding hydrogens is 312 g/mol. The van der Waals surface area contributed by atoms with E-state index in [1.165, 1.54) is 43.8 Å². The van der Waals surface area contributed by atoms with Gasteiger partial charge in [-0.25, -0.2) is 0 Å². The lowest BCUT2D eigenvalue weighted by Crippen LogP contribution is -2.22. The summed E-state index contributed by atoms with van der Waals surface area (Å²) in [5, 5.41) is 2.25. The van der Waals surface area contributed by atoms with Crippen LogP contribution in [0.25, 0.3) is 11.1 Å². The highest BCUT2D eigenvalue weighted by Crippen LogP contribution is 2.68. The Balaban J connectivity index is 1.67. The third kappa shape index (κ3) is 1.45. The van der Waals surface area contributed by atoms with E-state index < -0.39 is 0 Å². The molecular formula is C22H18OS. The molecule has 1 aromatic heterocycles. The van der Waals surface area contributed by atoms with Crippen LogP contribution < -0.4 is 0 Å². The van der Waals surface area contributed by atoms with Gasteiger partial charge in [-0.05, 0) is 64.2 Å². The molecule has 4 atom stereocenters. The van der Waals surface area contributed by atoms with Crippen molar-refractivity contribution in [1.82, 2.24) is 0 Å². The zero-order chi connectivity index (χ0) is 16.0. The van der Waals surface area contributed by atoms with Gasteiger partial charge in [0.15, 0.2) is 0 Å². The summed E-state index contributed by atoms with van der Waals surface area (Å²) in [5.74, 6) is 0.944. The molecule has 2 bridgehead atoms. The minimum atomic E-state index is 0.215. The maximum atomic E-state index is 6.55. The lowest BCUT2D eigenvalue weighted by Gasteiger charge is -2.35. The number of thiophene rings is 1. The van der Waals surface area contributed by atoms with Gasteiger partial charge in [-0.3, -0.25) is 0 Å². The molecule has 4 unspecified atom stereocenters. The van der Waals surface area contributed by atoms with Crippen LogP contribution in [0, 0.1) is 13.8 Å². The third-order valence-electron chi connectivity index (χ3n) is 6.25. The van der Waals surface area contributed by atoms with Crippen molar-refractivity contribution in [2.75, 3.05) is 0 Å². The molecule has 0 N–H and O–H groups in total. The third-order valence-corrected chi connectivity index (χ3v) is 7.27. The molecule has 1 fully saturated rings. The molecule has 24 heavy (non-hydrogen) atoms. The van der Waals surface area contributed by atoms with E-state index in [0.717, 1.165) is 0 Å². The summed E-state index contributed by atoms with van der Waals surface area (Å²) in [6.45, 7) is 4.45. The lowest BCUT2D eigenvalue weighted by molar-refractivity contribution is 0.0646. The van der Waals surface area contributed by atoms with Crippen molar-refractivity contribution in [3.8, 4) is 11.1 Å². The fourth-order valence-corrected chi connectivity index (χ4v) is 6.16. The molecule has 0 saturated carbocycles. The maximum Gasteiger partial charge on any atom is 0.0920 e. The van der Waals surface area contributed by atoms with Crippen LogP contribution in [-0.4, -0.2) is 0 Å². The summed E-state index contributed by atoms with van der Waals surface area (Å²) in [6.07, 6.45) is 0.440. The predicted molar refractivity (Wildman–Crippen MR) is 97.7 cm³/mol. The highest BCUT2D eigenvalue weighted by atomic mass is 32.1. The number of hydrogen-bond donors (Lipinski definition) is 0. The molecule has 0 spiro atoms. The molecule has 3 aliphatic rings. The largest absolute Gasteiger partial charge is 0.364 e. The van der Waals surface area contributed by atoms with E-state index >= 15 is 0 Å². The topological polar surface area (TPSA) is 9.23 Å². The van der Waals surface area contributed by atoms with Crippen LogP contribution in [-0.2, 0) is 4.74 Å². The zero-order valence-electron chi connectivity index (χ0n) is 13.7.